The van der Waals surface area contributed by atoms with Gasteiger partial charge in [0.2, 0.25) is 11.8 Å². The fourth-order valence-electron chi connectivity index (χ4n) is 1.03. The first-order chi connectivity index (χ1) is 6.82. The zero-order valence-corrected chi connectivity index (χ0v) is 9.70. The highest BCUT2D eigenvalue weighted by atomic mass is 16.3. The van der Waals surface area contributed by atoms with E-state index < -0.39 is 12.0 Å². The van der Waals surface area contributed by atoms with E-state index in [-0.39, 0.29) is 24.4 Å². The molecule has 0 aliphatic carbocycles. The van der Waals surface area contributed by atoms with Crippen molar-refractivity contribution in [2.24, 2.45) is 0 Å². The minimum Gasteiger partial charge on any atom is -0.383 e. The largest absolute Gasteiger partial charge is 0.383 e. The molecule has 0 radical (unpaired) electrons. The molecule has 0 unspecified atom stereocenters. The Labute approximate surface area is 90.2 Å². The molecular formula is C10H20N2O3. The van der Waals surface area contributed by atoms with Gasteiger partial charge in [0, 0.05) is 12.1 Å². The van der Waals surface area contributed by atoms with Crippen LogP contribution in [0.1, 0.15) is 34.1 Å². The molecule has 2 amide bonds. The number of hydrogen-bond acceptors (Lipinski definition) is 3. The van der Waals surface area contributed by atoms with Crippen molar-refractivity contribution in [1.82, 2.24) is 10.6 Å². The normalized spacial score (nSPS) is 12.7. The zero-order chi connectivity index (χ0) is 12.0. The van der Waals surface area contributed by atoms with E-state index in [1.165, 1.54) is 0 Å². The van der Waals surface area contributed by atoms with Gasteiger partial charge in [-0.3, -0.25) is 9.59 Å². The quantitative estimate of drug-likeness (QED) is 0.595. The molecule has 3 N–H and O–H groups in total. The van der Waals surface area contributed by atoms with Gasteiger partial charge < -0.3 is 15.7 Å². The van der Waals surface area contributed by atoms with Crippen molar-refractivity contribution in [1.29, 1.82) is 0 Å². The first-order valence-electron chi connectivity index (χ1n) is 5.10. The lowest BCUT2D eigenvalue weighted by molar-refractivity contribution is -0.135. The second kappa shape index (κ2) is 6.40. The lowest BCUT2D eigenvalue weighted by Gasteiger charge is -2.14. The summed E-state index contributed by atoms with van der Waals surface area (Å²) in [4.78, 5) is 22.4. The molecule has 0 aliphatic rings. The minimum absolute atomic E-state index is 0.0119. The third-order valence-corrected chi connectivity index (χ3v) is 1.56. The maximum absolute atomic E-state index is 11.2. The fourth-order valence-corrected chi connectivity index (χ4v) is 1.03. The predicted molar refractivity (Wildman–Crippen MR) is 57.2 cm³/mol. The summed E-state index contributed by atoms with van der Waals surface area (Å²) in [6.07, 6.45) is -1.47. The highest BCUT2D eigenvalue weighted by Crippen LogP contribution is 1.94. The fraction of sp³-hybridized carbons (Fsp3) is 0.800. The standard InChI is InChI=1S/C10H20N2O3/c1-6(2)11-9(14)5-8(13)10(15)12-7(3)4/h6-8,13H,5H2,1-4H3,(H,11,14)(H,12,15)/t8-/m1/s1. The molecule has 1 atom stereocenters. The van der Waals surface area contributed by atoms with E-state index in [4.69, 9.17) is 0 Å². The Balaban J connectivity index is 3.96. The summed E-state index contributed by atoms with van der Waals surface area (Å²) in [7, 11) is 0. The summed E-state index contributed by atoms with van der Waals surface area (Å²) in [5, 5.41) is 14.5. The summed E-state index contributed by atoms with van der Waals surface area (Å²) >= 11 is 0. The molecule has 5 nitrogen and oxygen atoms in total. The van der Waals surface area contributed by atoms with Crippen LogP contribution >= 0.6 is 0 Å². The molecule has 0 aromatic heterocycles. The van der Waals surface area contributed by atoms with Crippen molar-refractivity contribution < 1.29 is 14.7 Å². The molecule has 0 bridgehead atoms. The van der Waals surface area contributed by atoms with Crippen LogP contribution in [0.25, 0.3) is 0 Å². The number of hydrogen-bond donors (Lipinski definition) is 3. The van der Waals surface area contributed by atoms with Gasteiger partial charge in [0.15, 0.2) is 0 Å². The average Bonchev–Trinajstić information content (AvgIpc) is 2.00. The molecule has 0 heterocycles. The number of nitrogens with one attached hydrogen (secondary N) is 2. The lowest BCUT2D eigenvalue weighted by Crippen LogP contribution is -2.42. The third kappa shape index (κ3) is 6.90. The molecule has 0 fully saturated rings. The van der Waals surface area contributed by atoms with Gasteiger partial charge >= 0.3 is 0 Å². The number of carbonyl (C=O) groups excluding carboxylic acids is 2. The van der Waals surface area contributed by atoms with Crippen molar-refractivity contribution in [3.8, 4) is 0 Å². The van der Waals surface area contributed by atoms with Crippen LogP contribution in [0.3, 0.4) is 0 Å². The molecule has 15 heavy (non-hydrogen) atoms. The van der Waals surface area contributed by atoms with E-state index in [0.29, 0.717) is 0 Å². The second-order valence-electron chi connectivity index (χ2n) is 4.11. The van der Waals surface area contributed by atoms with Crippen LogP contribution in [0.5, 0.6) is 0 Å². The lowest BCUT2D eigenvalue weighted by atomic mass is 10.2. The summed E-state index contributed by atoms with van der Waals surface area (Å²) < 4.78 is 0. The summed E-state index contributed by atoms with van der Waals surface area (Å²) in [5.41, 5.74) is 0. The maximum atomic E-state index is 11.2. The monoisotopic (exact) mass is 216 g/mol. The zero-order valence-electron chi connectivity index (χ0n) is 9.70. The van der Waals surface area contributed by atoms with Crippen molar-refractivity contribution in [2.45, 2.75) is 52.3 Å². The third-order valence-electron chi connectivity index (χ3n) is 1.56. The molecule has 0 saturated carbocycles. The Kier molecular flexibility index (Phi) is 5.93. The van der Waals surface area contributed by atoms with Gasteiger partial charge in [0.25, 0.3) is 0 Å². The van der Waals surface area contributed by atoms with Gasteiger partial charge in [-0.2, -0.15) is 0 Å². The first-order valence-corrected chi connectivity index (χ1v) is 5.10. The number of amides is 2. The van der Waals surface area contributed by atoms with E-state index in [1.807, 2.05) is 13.8 Å². The maximum Gasteiger partial charge on any atom is 0.249 e. The summed E-state index contributed by atoms with van der Waals surface area (Å²) in [6.45, 7) is 7.22. The van der Waals surface area contributed by atoms with Crippen LogP contribution in [0.2, 0.25) is 0 Å². The average molecular weight is 216 g/mol. The number of rotatable bonds is 5. The molecule has 0 spiro atoms. The van der Waals surface area contributed by atoms with E-state index in [2.05, 4.69) is 10.6 Å². The van der Waals surface area contributed by atoms with Gasteiger partial charge in [-0.25, -0.2) is 0 Å². The number of aliphatic hydroxyl groups excluding tert-OH is 1. The summed E-state index contributed by atoms with van der Waals surface area (Å²) in [6, 6.07) is -0.0295. The Hall–Kier alpha value is -1.10. The SMILES string of the molecule is CC(C)NC(=O)C[C@@H](O)C(=O)NC(C)C. The summed E-state index contributed by atoms with van der Waals surface area (Å²) in [5.74, 6) is -0.833. The van der Waals surface area contributed by atoms with Gasteiger partial charge in [0.05, 0.1) is 6.42 Å². The van der Waals surface area contributed by atoms with Crippen LogP contribution in [0, 0.1) is 0 Å². The molecule has 0 rings (SSSR count). The van der Waals surface area contributed by atoms with E-state index in [0.717, 1.165) is 0 Å². The van der Waals surface area contributed by atoms with E-state index in [1.54, 1.807) is 13.8 Å². The Bertz CT molecular complexity index is 227. The Morgan fingerprint density at radius 3 is 1.93 bits per heavy atom. The van der Waals surface area contributed by atoms with Crippen LogP contribution in [-0.2, 0) is 9.59 Å². The first kappa shape index (κ1) is 13.9. The van der Waals surface area contributed by atoms with Crippen molar-refractivity contribution in [3.05, 3.63) is 0 Å². The van der Waals surface area contributed by atoms with Gasteiger partial charge in [-0.05, 0) is 27.7 Å². The van der Waals surface area contributed by atoms with E-state index >= 15 is 0 Å². The molecule has 0 aromatic carbocycles. The molecule has 0 saturated heterocycles. The van der Waals surface area contributed by atoms with Crippen molar-refractivity contribution in [2.75, 3.05) is 0 Å². The molecule has 0 aromatic rings. The number of aliphatic hydroxyl groups is 1. The van der Waals surface area contributed by atoms with Gasteiger partial charge in [0.1, 0.15) is 6.10 Å². The van der Waals surface area contributed by atoms with Crippen LogP contribution in [0.4, 0.5) is 0 Å². The molecule has 5 heteroatoms. The molecular weight excluding hydrogens is 196 g/mol. The van der Waals surface area contributed by atoms with Crippen LogP contribution < -0.4 is 10.6 Å². The highest BCUT2D eigenvalue weighted by molar-refractivity contribution is 5.87. The minimum atomic E-state index is -1.27. The topological polar surface area (TPSA) is 78.4 Å². The van der Waals surface area contributed by atoms with Crippen LogP contribution in [-0.4, -0.2) is 35.1 Å². The van der Waals surface area contributed by atoms with E-state index in [9.17, 15) is 14.7 Å². The van der Waals surface area contributed by atoms with Crippen LogP contribution in [0.15, 0.2) is 0 Å². The molecule has 0 aliphatic heterocycles. The Morgan fingerprint density at radius 2 is 1.53 bits per heavy atom. The molecule has 88 valence electrons. The highest BCUT2D eigenvalue weighted by Gasteiger charge is 2.19. The van der Waals surface area contributed by atoms with Crippen molar-refractivity contribution >= 4 is 11.8 Å². The second-order valence-corrected chi connectivity index (χ2v) is 4.11. The van der Waals surface area contributed by atoms with Crippen molar-refractivity contribution in [3.63, 3.8) is 0 Å². The van der Waals surface area contributed by atoms with Gasteiger partial charge in [-0.15, -0.1) is 0 Å². The smallest absolute Gasteiger partial charge is 0.249 e. The predicted octanol–water partition coefficient (Wildman–Crippen LogP) is -0.213. The Morgan fingerprint density at radius 1 is 1.07 bits per heavy atom. The van der Waals surface area contributed by atoms with Gasteiger partial charge in [-0.1, -0.05) is 0 Å². The number of carbonyl (C=O) groups is 2.